The van der Waals surface area contributed by atoms with Crippen LogP contribution in [0.5, 0.6) is 0 Å². The minimum absolute atomic E-state index is 0.131. The van der Waals surface area contributed by atoms with Crippen LogP contribution in [-0.4, -0.2) is 0 Å². The van der Waals surface area contributed by atoms with Gasteiger partial charge in [0.05, 0.1) is 0 Å². The summed E-state index contributed by atoms with van der Waals surface area (Å²) in [5, 5.41) is 0. The van der Waals surface area contributed by atoms with Crippen LogP contribution < -0.4 is 0 Å². The van der Waals surface area contributed by atoms with Gasteiger partial charge in [0.2, 0.25) is 0 Å². The molecule has 0 fully saturated rings. The molecule has 5 aliphatic carbocycles. The molecule has 0 radical (unpaired) electrons. The van der Waals surface area contributed by atoms with Gasteiger partial charge in [0.1, 0.15) is 0 Å². The van der Waals surface area contributed by atoms with Crippen molar-refractivity contribution in [3.8, 4) is 0 Å². The lowest BCUT2D eigenvalue weighted by Crippen LogP contribution is -2.39. The van der Waals surface area contributed by atoms with Crippen LogP contribution in [0.3, 0.4) is 0 Å². The quantitative estimate of drug-likeness (QED) is 0.485. The Kier molecular flexibility index (Phi) is 3.11. The van der Waals surface area contributed by atoms with E-state index < -0.39 is 0 Å². The van der Waals surface area contributed by atoms with E-state index in [0.29, 0.717) is 11.8 Å². The topological polar surface area (TPSA) is 0 Å². The summed E-state index contributed by atoms with van der Waals surface area (Å²) in [6.45, 7) is 4.59. The van der Waals surface area contributed by atoms with Crippen molar-refractivity contribution in [3.63, 3.8) is 0 Å². The van der Waals surface area contributed by atoms with Gasteiger partial charge in [0.15, 0.2) is 0 Å². The van der Waals surface area contributed by atoms with Crippen LogP contribution in [0.4, 0.5) is 0 Å². The molecule has 27 heavy (non-hydrogen) atoms. The summed E-state index contributed by atoms with van der Waals surface area (Å²) >= 11 is 0. The predicted molar refractivity (Wildman–Crippen MR) is 113 cm³/mol. The normalized spacial score (nSPS) is 32.6. The monoisotopic (exact) mass is 350 g/mol. The lowest BCUT2D eigenvalue weighted by molar-refractivity contribution is 0.318. The highest BCUT2D eigenvalue weighted by molar-refractivity contribution is 5.85. The molecule has 5 aliphatic rings. The molecule has 0 saturated heterocycles. The molecule has 0 aliphatic heterocycles. The third-order valence-electron chi connectivity index (χ3n) is 7.63. The van der Waals surface area contributed by atoms with Gasteiger partial charge in [0, 0.05) is 17.3 Å². The van der Waals surface area contributed by atoms with E-state index in [1.54, 1.807) is 33.4 Å². The van der Waals surface area contributed by atoms with Crippen LogP contribution in [0.25, 0.3) is 5.57 Å². The third-order valence-corrected chi connectivity index (χ3v) is 7.63. The van der Waals surface area contributed by atoms with Crippen LogP contribution in [0.2, 0.25) is 0 Å². The first-order valence-corrected chi connectivity index (χ1v) is 10.5. The molecule has 0 heterocycles. The standard InChI is InChI=1S/C27H26/c1-17-11-13-21-19-7-3-5-9-23(19)27(25(21)15-17)24-10-6-4-8-20(24)22-14-12-18(2)16-26(22)27/h3-8,11,13,15-16,23-24H,9-10,12,14H2,1-2H3. The SMILES string of the molecule is CC1=CC2=C(CC1)C1=CC=CCC1C21c2cc(C)ccc2C2=CC=CCC21. The van der Waals surface area contributed by atoms with Gasteiger partial charge < -0.3 is 0 Å². The van der Waals surface area contributed by atoms with Gasteiger partial charge >= 0.3 is 0 Å². The summed E-state index contributed by atoms with van der Waals surface area (Å²) in [5.74, 6) is 1.17. The molecule has 6 rings (SSSR count). The summed E-state index contributed by atoms with van der Waals surface area (Å²) in [6.07, 6.45) is 21.6. The Morgan fingerprint density at radius 1 is 0.889 bits per heavy atom. The molecular formula is C27H26. The second-order valence-corrected chi connectivity index (χ2v) is 8.98. The highest BCUT2D eigenvalue weighted by atomic mass is 14.6. The van der Waals surface area contributed by atoms with E-state index in [2.05, 4.69) is 74.6 Å². The second-order valence-electron chi connectivity index (χ2n) is 8.98. The number of hydrogen-bond donors (Lipinski definition) is 0. The number of fused-ring (bicyclic) bond motifs is 9. The molecule has 0 saturated carbocycles. The van der Waals surface area contributed by atoms with E-state index in [9.17, 15) is 0 Å². The average molecular weight is 351 g/mol. The number of rotatable bonds is 0. The van der Waals surface area contributed by atoms with E-state index in [0.717, 1.165) is 6.42 Å². The Morgan fingerprint density at radius 3 is 2.44 bits per heavy atom. The van der Waals surface area contributed by atoms with E-state index >= 15 is 0 Å². The van der Waals surface area contributed by atoms with Gasteiger partial charge in [-0.3, -0.25) is 0 Å². The maximum absolute atomic E-state index is 2.57. The molecule has 0 N–H and O–H groups in total. The summed E-state index contributed by atoms with van der Waals surface area (Å²) in [6, 6.07) is 7.22. The number of hydrogen-bond acceptors (Lipinski definition) is 0. The molecule has 0 aromatic heterocycles. The first-order valence-electron chi connectivity index (χ1n) is 10.5. The lowest BCUT2D eigenvalue weighted by atomic mass is 9.60. The fourth-order valence-corrected chi connectivity index (χ4v) is 6.63. The molecule has 3 atom stereocenters. The highest BCUT2D eigenvalue weighted by Gasteiger charge is 2.60. The molecule has 1 spiro atoms. The molecule has 0 bridgehead atoms. The van der Waals surface area contributed by atoms with Crippen molar-refractivity contribution in [2.45, 2.75) is 44.9 Å². The van der Waals surface area contributed by atoms with Gasteiger partial charge in [-0.05, 0) is 73.0 Å². The summed E-state index contributed by atoms with van der Waals surface area (Å²) < 4.78 is 0. The maximum Gasteiger partial charge on any atom is 0.0354 e. The molecule has 1 aromatic rings. The van der Waals surface area contributed by atoms with Crippen LogP contribution >= 0.6 is 0 Å². The molecule has 0 nitrogen and oxygen atoms in total. The minimum Gasteiger partial charge on any atom is -0.0839 e. The average Bonchev–Trinajstić information content (AvgIpc) is 3.14. The third kappa shape index (κ3) is 1.84. The summed E-state index contributed by atoms with van der Waals surface area (Å²) in [5.41, 5.74) is 12.7. The van der Waals surface area contributed by atoms with Crippen molar-refractivity contribution in [1.29, 1.82) is 0 Å². The fourth-order valence-electron chi connectivity index (χ4n) is 6.63. The number of aryl methyl sites for hydroxylation is 1. The Morgan fingerprint density at radius 2 is 1.63 bits per heavy atom. The Bertz CT molecular complexity index is 1050. The van der Waals surface area contributed by atoms with Crippen molar-refractivity contribution < 1.29 is 0 Å². The fraction of sp³-hybridized carbons (Fsp3) is 0.333. The molecule has 1 aromatic carbocycles. The van der Waals surface area contributed by atoms with Crippen LogP contribution in [0, 0.1) is 18.8 Å². The van der Waals surface area contributed by atoms with Gasteiger partial charge in [-0.15, -0.1) is 0 Å². The van der Waals surface area contributed by atoms with E-state index in [4.69, 9.17) is 0 Å². The maximum atomic E-state index is 2.57. The van der Waals surface area contributed by atoms with Crippen LogP contribution in [0.1, 0.15) is 49.3 Å². The smallest absolute Gasteiger partial charge is 0.0354 e. The Labute approximate surface area is 162 Å². The van der Waals surface area contributed by atoms with Crippen molar-refractivity contribution >= 4 is 5.57 Å². The molecular weight excluding hydrogens is 324 g/mol. The summed E-state index contributed by atoms with van der Waals surface area (Å²) in [4.78, 5) is 0. The van der Waals surface area contributed by atoms with E-state index in [1.165, 1.54) is 30.4 Å². The van der Waals surface area contributed by atoms with Gasteiger partial charge in [-0.25, -0.2) is 0 Å². The number of allylic oxidation sites excluding steroid dienone is 12. The first-order chi connectivity index (χ1) is 13.2. The zero-order valence-electron chi connectivity index (χ0n) is 16.3. The Hall–Kier alpha value is -2.34. The summed E-state index contributed by atoms with van der Waals surface area (Å²) in [7, 11) is 0. The zero-order chi connectivity index (χ0) is 18.2. The van der Waals surface area contributed by atoms with Crippen molar-refractivity contribution in [2.75, 3.05) is 0 Å². The van der Waals surface area contributed by atoms with Gasteiger partial charge in [-0.1, -0.05) is 71.9 Å². The van der Waals surface area contributed by atoms with E-state index in [-0.39, 0.29) is 5.41 Å². The number of benzene rings is 1. The highest BCUT2D eigenvalue weighted by Crippen LogP contribution is 2.68. The first kappa shape index (κ1) is 15.7. The second kappa shape index (κ2) is 5.35. The van der Waals surface area contributed by atoms with Crippen LogP contribution in [0.15, 0.2) is 83.0 Å². The largest absolute Gasteiger partial charge is 0.0839 e. The molecule has 0 amide bonds. The molecule has 3 unspecified atom stereocenters. The van der Waals surface area contributed by atoms with Crippen molar-refractivity contribution in [2.24, 2.45) is 11.8 Å². The van der Waals surface area contributed by atoms with E-state index in [1.807, 2.05) is 0 Å². The van der Waals surface area contributed by atoms with Gasteiger partial charge in [-0.2, -0.15) is 0 Å². The van der Waals surface area contributed by atoms with Crippen molar-refractivity contribution in [3.05, 3.63) is 99.7 Å². The zero-order valence-corrected chi connectivity index (χ0v) is 16.3. The molecule has 134 valence electrons. The van der Waals surface area contributed by atoms with Crippen LogP contribution in [-0.2, 0) is 5.41 Å². The molecule has 0 heteroatoms. The predicted octanol–water partition coefficient (Wildman–Crippen LogP) is 6.76. The van der Waals surface area contributed by atoms with Crippen molar-refractivity contribution in [1.82, 2.24) is 0 Å². The lowest BCUT2D eigenvalue weighted by Gasteiger charge is -2.42. The Balaban J connectivity index is 1.73. The minimum atomic E-state index is 0.131. The van der Waals surface area contributed by atoms with Gasteiger partial charge in [0.25, 0.3) is 0 Å².